The molecule has 7 heteroatoms. The molecule has 2 heterocycles. The van der Waals surface area contributed by atoms with Crippen LogP contribution in [0.4, 0.5) is 5.69 Å². The number of aromatic amines is 1. The van der Waals surface area contributed by atoms with Crippen molar-refractivity contribution in [3.8, 4) is 17.1 Å². The number of nitrogens with one attached hydrogen (secondary N) is 2. The number of hydrogen-bond acceptors (Lipinski definition) is 5. The molecule has 0 fully saturated rings. The Bertz CT molecular complexity index is 1150. The molecule has 2 aromatic heterocycles. The van der Waals surface area contributed by atoms with Gasteiger partial charge in [-0.2, -0.15) is 9.50 Å². The summed E-state index contributed by atoms with van der Waals surface area (Å²) in [4.78, 5) is 21.4. The number of benzene rings is 2. The molecule has 2 N–H and O–H groups in total. The third-order valence-electron chi connectivity index (χ3n) is 4.28. The highest BCUT2D eigenvalue weighted by Gasteiger charge is 2.10. The van der Waals surface area contributed by atoms with Crippen LogP contribution in [0.3, 0.4) is 0 Å². The predicted molar refractivity (Wildman–Crippen MR) is 104 cm³/mol. The molecule has 2 aromatic carbocycles. The first kappa shape index (κ1) is 16.8. The summed E-state index contributed by atoms with van der Waals surface area (Å²) in [6.07, 6.45) is 0. The van der Waals surface area contributed by atoms with Crippen LogP contribution < -0.4 is 15.6 Å². The van der Waals surface area contributed by atoms with E-state index in [0.29, 0.717) is 23.8 Å². The van der Waals surface area contributed by atoms with Crippen LogP contribution in [0.2, 0.25) is 0 Å². The van der Waals surface area contributed by atoms with Gasteiger partial charge in [-0.05, 0) is 19.1 Å². The molecule has 0 bridgehead atoms. The topological polar surface area (TPSA) is 84.3 Å². The summed E-state index contributed by atoms with van der Waals surface area (Å²) in [6.45, 7) is 2.41. The molecule has 0 aliphatic carbocycles. The lowest BCUT2D eigenvalue weighted by molar-refractivity contribution is 0.416. The normalized spacial score (nSPS) is 10.9. The lowest BCUT2D eigenvalue weighted by Gasteiger charge is -2.10. The molecule has 27 heavy (non-hydrogen) atoms. The van der Waals surface area contributed by atoms with E-state index in [4.69, 9.17) is 4.74 Å². The summed E-state index contributed by atoms with van der Waals surface area (Å²) in [5, 5.41) is 6.25. The Morgan fingerprint density at radius 2 is 1.89 bits per heavy atom. The number of para-hydroxylation sites is 2. The lowest BCUT2D eigenvalue weighted by atomic mass is 10.1. The molecule has 136 valence electrons. The van der Waals surface area contributed by atoms with Gasteiger partial charge in [-0.15, -0.1) is 0 Å². The van der Waals surface area contributed by atoms with Gasteiger partial charge in [0.25, 0.3) is 11.3 Å². The maximum Gasteiger partial charge on any atom is 0.274 e. The van der Waals surface area contributed by atoms with Crippen molar-refractivity contribution in [2.75, 3.05) is 12.4 Å². The van der Waals surface area contributed by atoms with Crippen LogP contribution >= 0.6 is 0 Å². The second-order valence-electron chi connectivity index (χ2n) is 6.21. The smallest absolute Gasteiger partial charge is 0.274 e. The molecular formula is C20H19N5O2. The van der Waals surface area contributed by atoms with E-state index in [0.717, 1.165) is 22.6 Å². The predicted octanol–water partition coefficient (Wildman–Crippen LogP) is 3.01. The van der Waals surface area contributed by atoms with E-state index < -0.39 is 0 Å². The minimum Gasteiger partial charge on any atom is -0.495 e. The average Bonchev–Trinajstić information content (AvgIpc) is 3.12. The van der Waals surface area contributed by atoms with Crippen molar-refractivity contribution in [3.63, 3.8) is 0 Å². The maximum atomic E-state index is 12.4. The van der Waals surface area contributed by atoms with Gasteiger partial charge in [-0.25, -0.2) is 4.98 Å². The summed E-state index contributed by atoms with van der Waals surface area (Å²) < 4.78 is 6.67. The van der Waals surface area contributed by atoms with Crippen LogP contribution in [0.5, 0.6) is 5.75 Å². The summed E-state index contributed by atoms with van der Waals surface area (Å²) in [7, 11) is 1.62. The van der Waals surface area contributed by atoms with E-state index in [9.17, 15) is 4.79 Å². The highest BCUT2D eigenvalue weighted by molar-refractivity contribution is 5.58. The fourth-order valence-electron chi connectivity index (χ4n) is 2.83. The molecule has 0 spiro atoms. The van der Waals surface area contributed by atoms with Gasteiger partial charge in [-0.1, -0.05) is 42.0 Å². The zero-order valence-electron chi connectivity index (χ0n) is 15.1. The van der Waals surface area contributed by atoms with Crippen molar-refractivity contribution in [2.24, 2.45) is 0 Å². The van der Waals surface area contributed by atoms with Crippen LogP contribution in [0.15, 0.2) is 59.4 Å². The van der Waals surface area contributed by atoms with Gasteiger partial charge >= 0.3 is 0 Å². The number of anilines is 1. The third kappa shape index (κ3) is 3.39. The first-order valence-electron chi connectivity index (χ1n) is 8.56. The molecule has 0 aliphatic rings. The molecule has 0 saturated heterocycles. The standard InChI is InChI=1S/C20H19N5O2/c1-13-7-9-14(10-8-13)19-23-20-22-15(11-18(26)25(20)24-19)12-21-16-5-3-4-6-17(16)27-2/h3-11,21H,12H2,1-2H3,(H,22,23,24). The summed E-state index contributed by atoms with van der Waals surface area (Å²) in [5.41, 5.74) is 3.30. The Balaban J connectivity index is 1.63. The van der Waals surface area contributed by atoms with Gasteiger partial charge in [0.15, 0.2) is 5.82 Å². The Morgan fingerprint density at radius 1 is 1.11 bits per heavy atom. The van der Waals surface area contributed by atoms with Crippen LogP contribution in [0.25, 0.3) is 17.2 Å². The van der Waals surface area contributed by atoms with Crippen LogP contribution in [-0.4, -0.2) is 26.7 Å². The van der Waals surface area contributed by atoms with Crippen LogP contribution in [0.1, 0.15) is 11.3 Å². The van der Waals surface area contributed by atoms with E-state index in [-0.39, 0.29) is 5.56 Å². The van der Waals surface area contributed by atoms with Gasteiger partial charge in [0.2, 0.25) is 0 Å². The minimum absolute atomic E-state index is 0.206. The van der Waals surface area contributed by atoms with Crippen molar-refractivity contribution >= 4 is 11.5 Å². The van der Waals surface area contributed by atoms with Crippen molar-refractivity contribution in [3.05, 3.63) is 76.2 Å². The number of nitrogens with zero attached hydrogens (tertiary/aromatic N) is 3. The monoisotopic (exact) mass is 361 g/mol. The molecular weight excluding hydrogens is 342 g/mol. The number of hydrogen-bond donors (Lipinski definition) is 2. The first-order chi connectivity index (χ1) is 13.1. The number of ether oxygens (including phenoxy) is 1. The number of aryl methyl sites for hydroxylation is 1. The van der Waals surface area contributed by atoms with Crippen molar-refractivity contribution in [2.45, 2.75) is 13.5 Å². The van der Waals surface area contributed by atoms with Gasteiger partial charge < -0.3 is 10.1 Å². The van der Waals surface area contributed by atoms with Crippen LogP contribution in [-0.2, 0) is 6.54 Å². The molecule has 0 aliphatic heterocycles. The fraction of sp³-hybridized carbons (Fsp3) is 0.150. The quantitative estimate of drug-likeness (QED) is 0.571. The van der Waals surface area contributed by atoms with Crippen molar-refractivity contribution in [1.29, 1.82) is 0 Å². The molecule has 0 atom stereocenters. The molecule has 0 amide bonds. The minimum atomic E-state index is -0.206. The molecule has 0 radical (unpaired) electrons. The number of H-pyrrole nitrogens is 1. The van der Waals surface area contributed by atoms with Gasteiger partial charge in [0.05, 0.1) is 25.0 Å². The zero-order valence-corrected chi connectivity index (χ0v) is 15.1. The number of rotatable bonds is 5. The van der Waals surface area contributed by atoms with E-state index in [1.807, 2.05) is 55.5 Å². The molecule has 4 rings (SSSR count). The Kier molecular flexibility index (Phi) is 4.33. The second kappa shape index (κ2) is 6.95. The number of methoxy groups -OCH3 is 1. The Labute approximate surface area is 155 Å². The highest BCUT2D eigenvalue weighted by Crippen LogP contribution is 2.23. The number of aromatic nitrogens is 4. The average molecular weight is 361 g/mol. The summed E-state index contributed by atoms with van der Waals surface area (Å²) in [6, 6.07) is 17.0. The summed E-state index contributed by atoms with van der Waals surface area (Å²) in [5.74, 6) is 1.68. The van der Waals surface area contributed by atoms with E-state index in [1.165, 1.54) is 10.6 Å². The van der Waals surface area contributed by atoms with E-state index in [1.54, 1.807) is 7.11 Å². The van der Waals surface area contributed by atoms with Gasteiger partial charge in [0, 0.05) is 11.6 Å². The highest BCUT2D eigenvalue weighted by atomic mass is 16.5. The maximum absolute atomic E-state index is 12.4. The number of fused-ring (bicyclic) bond motifs is 1. The molecule has 4 aromatic rings. The van der Waals surface area contributed by atoms with Crippen molar-refractivity contribution < 1.29 is 4.74 Å². The second-order valence-corrected chi connectivity index (χ2v) is 6.21. The fourth-order valence-corrected chi connectivity index (χ4v) is 2.83. The molecule has 7 nitrogen and oxygen atoms in total. The zero-order chi connectivity index (χ0) is 18.8. The largest absolute Gasteiger partial charge is 0.495 e. The molecule has 0 saturated carbocycles. The summed E-state index contributed by atoms with van der Waals surface area (Å²) >= 11 is 0. The lowest BCUT2D eigenvalue weighted by Crippen LogP contribution is -2.17. The van der Waals surface area contributed by atoms with Crippen molar-refractivity contribution in [1.82, 2.24) is 19.6 Å². The SMILES string of the molecule is COc1ccccc1NCc1cc(=O)n2[nH]c(-c3ccc(C)cc3)nc2n1. The third-order valence-corrected chi connectivity index (χ3v) is 4.28. The van der Waals surface area contributed by atoms with Crippen LogP contribution in [0, 0.1) is 6.92 Å². The first-order valence-corrected chi connectivity index (χ1v) is 8.56. The van der Waals surface area contributed by atoms with E-state index >= 15 is 0 Å². The Morgan fingerprint density at radius 3 is 2.67 bits per heavy atom. The van der Waals surface area contributed by atoms with E-state index in [2.05, 4.69) is 20.4 Å². The van der Waals surface area contributed by atoms with Gasteiger partial charge in [0.1, 0.15) is 5.75 Å². The molecule has 0 unspecified atom stereocenters. The Hall–Kier alpha value is -3.61. The van der Waals surface area contributed by atoms with Gasteiger partial charge in [-0.3, -0.25) is 9.89 Å².